The predicted molar refractivity (Wildman–Crippen MR) is 59.3 cm³/mol. The molecule has 2 heteroatoms. The molecule has 0 saturated heterocycles. The standard InChI is InChI=1S/C12H19NO/c1-9-5-4-6-10(2)12(9)7-13-11(3)8-14/h4-6,11,13-14H,7-8H2,1-3H3. The van der Waals surface area contributed by atoms with Crippen LogP contribution in [-0.2, 0) is 6.54 Å². The minimum Gasteiger partial charge on any atom is -0.395 e. The normalized spacial score (nSPS) is 12.9. The first-order valence-electron chi connectivity index (χ1n) is 5.04. The van der Waals surface area contributed by atoms with Crippen molar-refractivity contribution in [1.82, 2.24) is 5.32 Å². The molecule has 0 radical (unpaired) electrons. The van der Waals surface area contributed by atoms with Gasteiger partial charge in [-0.25, -0.2) is 0 Å². The van der Waals surface area contributed by atoms with E-state index in [1.807, 2.05) is 6.92 Å². The van der Waals surface area contributed by atoms with E-state index in [4.69, 9.17) is 5.11 Å². The molecule has 1 unspecified atom stereocenters. The fourth-order valence-electron chi connectivity index (χ4n) is 1.47. The van der Waals surface area contributed by atoms with E-state index in [0.717, 1.165) is 6.54 Å². The summed E-state index contributed by atoms with van der Waals surface area (Å²) in [6.07, 6.45) is 0. The lowest BCUT2D eigenvalue weighted by Gasteiger charge is -2.14. The average Bonchev–Trinajstić information content (AvgIpc) is 2.16. The lowest BCUT2D eigenvalue weighted by atomic mass is 10.0. The van der Waals surface area contributed by atoms with Crippen LogP contribution in [0.4, 0.5) is 0 Å². The van der Waals surface area contributed by atoms with Gasteiger partial charge in [-0.15, -0.1) is 0 Å². The Morgan fingerprint density at radius 1 is 1.29 bits per heavy atom. The number of aliphatic hydroxyl groups is 1. The molecule has 0 saturated carbocycles. The van der Waals surface area contributed by atoms with Crippen molar-refractivity contribution in [3.63, 3.8) is 0 Å². The van der Waals surface area contributed by atoms with Gasteiger partial charge < -0.3 is 10.4 Å². The molecule has 0 aromatic heterocycles. The molecule has 0 amide bonds. The predicted octanol–water partition coefficient (Wildman–Crippen LogP) is 1.77. The summed E-state index contributed by atoms with van der Waals surface area (Å²) in [6, 6.07) is 6.47. The highest BCUT2D eigenvalue weighted by Gasteiger charge is 2.03. The Balaban J connectivity index is 2.66. The smallest absolute Gasteiger partial charge is 0.0582 e. The number of aliphatic hydroxyl groups excluding tert-OH is 1. The Morgan fingerprint density at radius 3 is 2.36 bits per heavy atom. The van der Waals surface area contributed by atoms with E-state index in [-0.39, 0.29) is 12.6 Å². The Morgan fingerprint density at radius 2 is 1.86 bits per heavy atom. The van der Waals surface area contributed by atoms with Gasteiger partial charge in [0, 0.05) is 12.6 Å². The van der Waals surface area contributed by atoms with Crippen molar-refractivity contribution in [2.24, 2.45) is 0 Å². The zero-order valence-corrected chi connectivity index (χ0v) is 9.17. The molecule has 0 bridgehead atoms. The van der Waals surface area contributed by atoms with E-state index in [1.165, 1.54) is 16.7 Å². The second-order valence-corrected chi connectivity index (χ2v) is 3.83. The molecule has 1 rings (SSSR count). The van der Waals surface area contributed by atoms with Crippen molar-refractivity contribution in [1.29, 1.82) is 0 Å². The Kier molecular flexibility index (Phi) is 4.11. The molecule has 2 N–H and O–H groups in total. The molecular formula is C12H19NO. The van der Waals surface area contributed by atoms with Gasteiger partial charge in [-0.05, 0) is 37.5 Å². The summed E-state index contributed by atoms with van der Waals surface area (Å²) < 4.78 is 0. The summed E-state index contributed by atoms with van der Waals surface area (Å²) >= 11 is 0. The van der Waals surface area contributed by atoms with Crippen molar-refractivity contribution in [2.45, 2.75) is 33.4 Å². The number of aryl methyl sites for hydroxylation is 2. The van der Waals surface area contributed by atoms with E-state index in [0.29, 0.717) is 0 Å². The zero-order valence-electron chi connectivity index (χ0n) is 9.17. The van der Waals surface area contributed by atoms with Crippen LogP contribution in [0.15, 0.2) is 18.2 Å². The second kappa shape index (κ2) is 5.13. The highest BCUT2D eigenvalue weighted by atomic mass is 16.3. The molecular weight excluding hydrogens is 174 g/mol. The lowest BCUT2D eigenvalue weighted by molar-refractivity contribution is 0.251. The molecule has 0 aliphatic heterocycles. The van der Waals surface area contributed by atoms with Crippen LogP contribution in [0.1, 0.15) is 23.6 Å². The maximum Gasteiger partial charge on any atom is 0.0582 e. The summed E-state index contributed by atoms with van der Waals surface area (Å²) in [6.45, 7) is 7.24. The van der Waals surface area contributed by atoms with Gasteiger partial charge in [0.15, 0.2) is 0 Å². The van der Waals surface area contributed by atoms with E-state index in [2.05, 4.69) is 37.4 Å². The molecule has 1 atom stereocenters. The van der Waals surface area contributed by atoms with E-state index in [9.17, 15) is 0 Å². The number of rotatable bonds is 4. The maximum atomic E-state index is 8.89. The van der Waals surface area contributed by atoms with Crippen molar-refractivity contribution in [2.75, 3.05) is 6.61 Å². The fourth-order valence-corrected chi connectivity index (χ4v) is 1.47. The van der Waals surface area contributed by atoms with Crippen molar-refractivity contribution < 1.29 is 5.11 Å². The first-order valence-corrected chi connectivity index (χ1v) is 5.04. The summed E-state index contributed by atoms with van der Waals surface area (Å²) in [7, 11) is 0. The SMILES string of the molecule is Cc1cccc(C)c1CNC(C)CO. The van der Waals surface area contributed by atoms with E-state index < -0.39 is 0 Å². The minimum absolute atomic E-state index is 0.161. The van der Waals surface area contributed by atoms with Gasteiger partial charge in [0.1, 0.15) is 0 Å². The lowest BCUT2D eigenvalue weighted by Crippen LogP contribution is -2.29. The van der Waals surface area contributed by atoms with Gasteiger partial charge in [0.25, 0.3) is 0 Å². The third-order valence-corrected chi connectivity index (χ3v) is 2.55. The van der Waals surface area contributed by atoms with Crippen LogP contribution < -0.4 is 5.32 Å². The topological polar surface area (TPSA) is 32.3 Å². The molecule has 0 spiro atoms. The van der Waals surface area contributed by atoms with Gasteiger partial charge in [0.05, 0.1) is 6.61 Å². The van der Waals surface area contributed by atoms with E-state index in [1.54, 1.807) is 0 Å². The summed E-state index contributed by atoms with van der Waals surface area (Å²) in [4.78, 5) is 0. The molecule has 2 nitrogen and oxygen atoms in total. The Hall–Kier alpha value is -0.860. The zero-order chi connectivity index (χ0) is 10.6. The van der Waals surface area contributed by atoms with Crippen LogP contribution >= 0.6 is 0 Å². The number of hydrogen-bond donors (Lipinski definition) is 2. The van der Waals surface area contributed by atoms with Gasteiger partial charge in [0.2, 0.25) is 0 Å². The molecule has 14 heavy (non-hydrogen) atoms. The monoisotopic (exact) mass is 193 g/mol. The van der Waals surface area contributed by atoms with Crippen LogP contribution in [0.2, 0.25) is 0 Å². The van der Waals surface area contributed by atoms with Gasteiger partial charge in [-0.1, -0.05) is 18.2 Å². The first kappa shape index (κ1) is 11.2. The van der Waals surface area contributed by atoms with Crippen LogP contribution in [0.5, 0.6) is 0 Å². The maximum absolute atomic E-state index is 8.89. The summed E-state index contributed by atoms with van der Waals surface area (Å²) in [5.41, 5.74) is 3.96. The molecule has 0 fully saturated rings. The van der Waals surface area contributed by atoms with Crippen molar-refractivity contribution >= 4 is 0 Å². The van der Waals surface area contributed by atoms with Gasteiger partial charge >= 0.3 is 0 Å². The van der Waals surface area contributed by atoms with Gasteiger partial charge in [-0.3, -0.25) is 0 Å². The van der Waals surface area contributed by atoms with Crippen LogP contribution in [0.3, 0.4) is 0 Å². The van der Waals surface area contributed by atoms with Crippen LogP contribution in [-0.4, -0.2) is 17.8 Å². The number of hydrogen-bond acceptors (Lipinski definition) is 2. The van der Waals surface area contributed by atoms with Crippen LogP contribution in [0, 0.1) is 13.8 Å². The first-order chi connectivity index (χ1) is 6.65. The number of benzene rings is 1. The highest BCUT2D eigenvalue weighted by Crippen LogP contribution is 2.12. The largest absolute Gasteiger partial charge is 0.395 e. The summed E-state index contributed by atoms with van der Waals surface area (Å²) in [5.74, 6) is 0. The van der Waals surface area contributed by atoms with Crippen molar-refractivity contribution in [3.05, 3.63) is 34.9 Å². The van der Waals surface area contributed by atoms with E-state index >= 15 is 0 Å². The minimum atomic E-state index is 0.161. The fraction of sp³-hybridized carbons (Fsp3) is 0.500. The third-order valence-electron chi connectivity index (χ3n) is 2.55. The number of nitrogens with one attached hydrogen (secondary N) is 1. The molecule has 0 aliphatic rings. The molecule has 1 aromatic rings. The molecule has 0 heterocycles. The Bertz CT molecular complexity index is 276. The second-order valence-electron chi connectivity index (χ2n) is 3.83. The van der Waals surface area contributed by atoms with Gasteiger partial charge in [-0.2, -0.15) is 0 Å². The molecule has 78 valence electrons. The summed E-state index contributed by atoms with van der Waals surface area (Å²) in [5, 5.41) is 12.2. The van der Waals surface area contributed by atoms with Crippen LogP contribution in [0.25, 0.3) is 0 Å². The molecule has 1 aromatic carbocycles. The molecule has 0 aliphatic carbocycles. The third kappa shape index (κ3) is 2.82. The highest BCUT2D eigenvalue weighted by molar-refractivity contribution is 5.33. The average molecular weight is 193 g/mol. The Labute approximate surface area is 86.0 Å². The van der Waals surface area contributed by atoms with Crippen molar-refractivity contribution in [3.8, 4) is 0 Å². The quantitative estimate of drug-likeness (QED) is 0.764.